The maximum absolute atomic E-state index is 12.1. The molecule has 0 unspecified atom stereocenters. The highest BCUT2D eigenvalue weighted by atomic mass is 79.9. The molecule has 2 amide bonds. The molecular formula is C17H16BrNO3. The molecule has 2 aromatic carbocycles. The van der Waals surface area contributed by atoms with Gasteiger partial charge in [-0.15, -0.1) is 0 Å². The van der Waals surface area contributed by atoms with E-state index in [1.165, 1.54) is 6.92 Å². The fourth-order valence-corrected chi connectivity index (χ4v) is 2.14. The second-order valence-electron chi connectivity index (χ2n) is 4.77. The molecule has 0 aliphatic carbocycles. The van der Waals surface area contributed by atoms with E-state index in [1.807, 2.05) is 54.6 Å². The Morgan fingerprint density at radius 1 is 1.00 bits per heavy atom. The van der Waals surface area contributed by atoms with Crippen molar-refractivity contribution >= 4 is 27.9 Å². The van der Waals surface area contributed by atoms with Crippen molar-refractivity contribution in [2.45, 2.75) is 20.1 Å². The monoisotopic (exact) mass is 361 g/mol. The molecule has 0 aliphatic heterocycles. The fourth-order valence-electron chi connectivity index (χ4n) is 1.87. The van der Waals surface area contributed by atoms with Crippen LogP contribution in [0.5, 0.6) is 0 Å². The minimum absolute atomic E-state index is 0.143. The van der Waals surface area contributed by atoms with Gasteiger partial charge >= 0.3 is 6.09 Å². The minimum atomic E-state index is -0.640. The second kappa shape index (κ2) is 7.75. The van der Waals surface area contributed by atoms with Crippen molar-refractivity contribution in [2.75, 3.05) is 0 Å². The molecule has 0 aliphatic rings. The fraction of sp³-hybridized carbons (Fsp3) is 0.176. The summed E-state index contributed by atoms with van der Waals surface area (Å²) in [4.78, 5) is 24.9. The summed E-state index contributed by atoms with van der Waals surface area (Å²) in [5, 5.41) is 0. The number of imide groups is 1. The Kier molecular flexibility index (Phi) is 5.72. The van der Waals surface area contributed by atoms with Gasteiger partial charge in [-0.05, 0) is 23.3 Å². The van der Waals surface area contributed by atoms with Crippen molar-refractivity contribution in [1.82, 2.24) is 4.90 Å². The van der Waals surface area contributed by atoms with E-state index in [-0.39, 0.29) is 19.1 Å². The van der Waals surface area contributed by atoms with Crippen molar-refractivity contribution < 1.29 is 14.3 Å². The summed E-state index contributed by atoms with van der Waals surface area (Å²) < 4.78 is 6.15. The highest BCUT2D eigenvalue weighted by Gasteiger charge is 2.19. The Hall–Kier alpha value is -2.14. The summed E-state index contributed by atoms with van der Waals surface area (Å²) in [5.74, 6) is -0.346. The molecule has 0 fully saturated rings. The lowest BCUT2D eigenvalue weighted by molar-refractivity contribution is -0.127. The number of nitrogens with zero attached hydrogens (tertiary/aromatic N) is 1. The molecule has 22 heavy (non-hydrogen) atoms. The van der Waals surface area contributed by atoms with Gasteiger partial charge in [0.25, 0.3) is 0 Å². The molecule has 5 heteroatoms. The lowest BCUT2D eigenvalue weighted by Gasteiger charge is -2.19. The quantitative estimate of drug-likeness (QED) is 0.822. The molecule has 0 heterocycles. The van der Waals surface area contributed by atoms with Gasteiger partial charge < -0.3 is 4.74 Å². The molecule has 0 saturated carbocycles. The third-order valence-electron chi connectivity index (χ3n) is 3.06. The minimum Gasteiger partial charge on any atom is -0.444 e. The lowest BCUT2D eigenvalue weighted by atomic mass is 10.2. The van der Waals surface area contributed by atoms with E-state index in [2.05, 4.69) is 15.9 Å². The number of halogens is 1. The summed E-state index contributed by atoms with van der Waals surface area (Å²) in [6, 6.07) is 16.8. The van der Waals surface area contributed by atoms with E-state index in [0.29, 0.717) is 0 Å². The lowest BCUT2D eigenvalue weighted by Crippen LogP contribution is -2.35. The Labute approximate surface area is 137 Å². The SMILES string of the molecule is CC(=O)N(Cc1ccc(Br)cc1)C(=O)OCc1ccccc1. The second-order valence-corrected chi connectivity index (χ2v) is 5.69. The smallest absolute Gasteiger partial charge is 0.417 e. The molecule has 4 nitrogen and oxygen atoms in total. The molecule has 0 atom stereocenters. The molecule has 0 saturated heterocycles. The molecular weight excluding hydrogens is 346 g/mol. The zero-order valence-electron chi connectivity index (χ0n) is 12.2. The first kappa shape index (κ1) is 16.2. The zero-order valence-corrected chi connectivity index (χ0v) is 13.7. The van der Waals surface area contributed by atoms with Gasteiger partial charge in [0.1, 0.15) is 6.61 Å². The Balaban J connectivity index is 1.99. The van der Waals surface area contributed by atoms with Crippen LogP contribution in [-0.2, 0) is 22.7 Å². The van der Waals surface area contributed by atoms with Gasteiger partial charge in [-0.1, -0.05) is 58.4 Å². The summed E-state index contributed by atoms with van der Waals surface area (Å²) in [5.41, 5.74) is 1.73. The Bertz CT molecular complexity index is 641. The topological polar surface area (TPSA) is 46.6 Å². The number of ether oxygens (including phenoxy) is 1. The number of carbonyl (C=O) groups excluding carboxylic acids is 2. The summed E-state index contributed by atoms with van der Waals surface area (Å²) in [6.45, 7) is 1.68. The number of amides is 2. The van der Waals surface area contributed by atoms with E-state index < -0.39 is 6.09 Å². The van der Waals surface area contributed by atoms with Crippen molar-refractivity contribution in [1.29, 1.82) is 0 Å². The van der Waals surface area contributed by atoms with Crippen LogP contribution in [0.3, 0.4) is 0 Å². The third-order valence-corrected chi connectivity index (χ3v) is 3.59. The first-order valence-electron chi connectivity index (χ1n) is 6.79. The van der Waals surface area contributed by atoms with Gasteiger partial charge in [0.2, 0.25) is 5.91 Å². The standard InChI is InChI=1S/C17H16BrNO3/c1-13(20)19(11-14-7-9-16(18)10-8-14)17(21)22-12-15-5-3-2-4-6-15/h2-10H,11-12H2,1H3. The van der Waals surface area contributed by atoms with E-state index >= 15 is 0 Å². The van der Waals surface area contributed by atoms with Crippen molar-refractivity contribution in [3.8, 4) is 0 Å². The van der Waals surface area contributed by atoms with E-state index in [0.717, 1.165) is 20.5 Å². The van der Waals surface area contributed by atoms with E-state index in [1.54, 1.807) is 0 Å². The predicted octanol–water partition coefficient (Wildman–Crippen LogP) is 4.13. The van der Waals surface area contributed by atoms with Crippen LogP contribution in [-0.4, -0.2) is 16.9 Å². The Morgan fingerprint density at radius 3 is 2.23 bits per heavy atom. The average Bonchev–Trinajstić information content (AvgIpc) is 2.52. The highest BCUT2D eigenvalue weighted by Crippen LogP contribution is 2.13. The van der Waals surface area contributed by atoms with Crippen LogP contribution < -0.4 is 0 Å². The van der Waals surface area contributed by atoms with Gasteiger partial charge in [0.05, 0.1) is 6.54 Å². The van der Waals surface area contributed by atoms with E-state index in [9.17, 15) is 9.59 Å². The summed E-state index contributed by atoms with van der Waals surface area (Å²) in [6.07, 6.45) is -0.640. The van der Waals surface area contributed by atoms with Crippen molar-refractivity contribution in [3.05, 3.63) is 70.2 Å². The van der Waals surface area contributed by atoms with Crippen LogP contribution in [0, 0.1) is 0 Å². The molecule has 0 aromatic heterocycles. The first-order valence-corrected chi connectivity index (χ1v) is 7.59. The number of benzene rings is 2. The van der Waals surface area contributed by atoms with Crippen LogP contribution in [0.15, 0.2) is 59.1 Å². The average molecular weight is 362 g/mol. The van der Waals surface area contributed by atoms with Crippen LogP contribution in [0.25, 0.3) is 0 Å². The number of hydrogen-bond donors (Lipinski definition) is 0. The maximum Gasteiger partial charge on any atom is 0.417 e. The molecule has 0 spiro atoms. The number of carbonyl (C=O) groups is 2. The third kappa shape index (κ3) is 4.70. The van der Waals surface area contributed by atoms with Crippen molar-refractivity contribution in [2.24, 2.45) is 0 Å². The van der Waals surface area contributed by atoms with Gasteiger partial charge in [0.15, 0.2) is 0 Å². The van der Waals surface area contributed by atoms with Crippen LogP contribution in [0.2, 0.25) is 0 Å². The molecule has 0 bridgehead atoms. The van der Waals surface area contributed by atoms with Crippen LogP contribution in [0.1, 0.15) is 18.1 Å². The molecule has 0 radical (unpaired) electrons. The number of hydrogen-bond acceptors (Lipinski definition) is 3. The van der Waals surface area contributed by atoms with Gasteiger partial charge in [-0.25, -0.2) is 9.69 Å². The van der Waals surface area contributed by atoms with Gasteiger partial charge in [-0.3, -0.25) is 4.79 Å². The maximum atomic E-state index is 12.1. The summed E-state index contributed by atoms with van der Waals surface area (Å²) in [7, 11) is 0. The first-order chi connectivity index (χ1) is 10.6. The molecule has 2 aromatic rings. The Morgan fingerprint density at radius 2 is 1.64 bits per heavy atom. The summed E-state index contributed by atoms with van der Waals surface area (Å²) >= 11 is 3.35. The predicted molar refractivity (Wildman–Crippen MR) is 87.0 cm³/mol. The van der Waals surface area contributed by atoms with Gasteiger partial charge in [-0.2, -0.15) is 0 Å². The largest absolute Gasteiger partial charge is 0.444 e. The van der Waals surface area contributed by atoms with Crippen LogP contribution in [0.4, 0.5) is 4.79 Å². The van der Waals surface area contributed by atoms with Gasteiger partial charge in [0, 0.05) is 11.4 Å². The molecule has 0 N–H and O–H groups in total. The zero-order chi connectivity index (χ0) is 15.9. The molecule has 2 rings (SSSR count). The normalized spacial score (nSPS) is 10.1. The highest BCUT2D eigenvalue weighted by molar-refractivity contribution is 9.10. The number of rotatable bonds is 4. The molecule has 114 valence electrons. The van der Waals surface area contributed by atoms with Crippen molar-refractivity contribution in [3.63, 3.8) is 0 Å². The van der Waals surface area contributed by atoms with Crippen LogP contribution >= 0.6 is 15.9 Å². The van der Waals surface area contributed by atoms with E-state index in [4.69, 9.17) is 4.74 Å².